The van der Waals surface area contributed by atoms with E-state index in [1.165, 1.54) is 4.31 Å². The molecule has 6 nitrogen and oxygen atoms in total. The summed E-state index contributed by atoms with van der Waals surface area (Å²) in [7, 11) is -3.53. The Morgan fingerprint density at radius 1 is 0.774 bits per heavy atom. The molecule has 0 radical (unpaired) electrons. The van der Waals surface area contributed by atoms with Gasteiger partial charge in [-0.15, -0.1) is 0 Å². The second kappa shape index (κ2) is 9.32. The molecule has 4 rings (SSSR count). The van der Waals surface area contributed by atoms with Crippen molar-refractivity contribution < 1.29 is 17.9 Å². The maximum Gasteiger partial charge on any atom is 0.253 e. The number of hydrogen-bond acceptors (Lipinski definition) is 4. The van der Waals surface area contributed by atoms with Gasteiger partial charge < -0.3 is 9.64 Å². The van der Waals surface area contributed by atoms with Crippen LogP contribution >= 0.6 is 0 Å². The molecule has 1 aliphatic heterocycles. The van der Waals surface area contributed by atoms with E-state index in [2.05, 4.69) is 0 Å². The molecule has 0 saturated carbocycles. The van der Waals surface area contributed by atoms with Crippen molar-refractivity contribution in [2.75, 3.05) is 26.2 Å². The zero-order chi connectivity index (χ0) is 21.7. The first-order valence-electron chi connectivity index (χ1n) is 10.2. The molecule has 7 heteroatoms. The third-order valence-corrected chi connectivity index (χ3v) is 7.17. The molecule has 31 heavy (non-hydrogen) atoms. The van der Waals surface area contributed by atoms with E-state index < -0.39 is 10.0 Å². The van der Waals surface area contributed by atoms with Crippen molar-refractivity contribution in [3.8, 4) is 5.75 Å². The second-order valence-electron chi connectivity index (χ2n) is 7.31. The largest absolute Gasteiger partial charge is 0.489 e. The number of amides is 1. The number of rotatable bonds is 6. The Kier molecular flexibility index (Phi) is 6.34. The van der Waals surface area contributed by atoms with Crippen LogP contribution in [0.5, 0.6) is 5.75 Å². The molecule has 0 aromatic heterocycles. The molecule has 1 fully saturated rings. The Morgan fingerprint density at radius 2 is 1.35 bits per heavy atom. The Labute approximate surface area is 182 Å². The average Bonchev–Trinajstić information content (AvgIpc) is 2.84. The lowest BCUT2D eigenvalue weighted by molar-refractivity contribution is 0.0698. The fourth-order valence-corrected chi connectivity index (χ4v) is 4.93. The molecular weight excluding hydrogens is 412 g/mol. The van der Waals surface area contributed by atoms with Crippen LogP contribution in [0.25, 0.3) is 0 Å². The van der Waals surface area contributed by atoms with Crippen LogP contribution in [0.4, 0.5) is 0 Å². The molecular formula is C24H24N2O4S. The number of benzene rings is 3. The van der Waals surface area contributed by atoms with Crippen LogP contribution in [0.15, 0.2) is 89.8 Å². The van der Waals surface area contributed by atoms with E-state index in [1.54, 1.807) is 47.4 Å². The Balaban J connectivity index is 1.33. The van der Waals surface area contributed by atoms with Crippen molar-refractivity contribution in [3.05, 3.63) is 96.1 Å². The van der Waals surface area contributed by atoms with Gasteiger partial charge in [-0.05, 0) is 42.0 Å². The van der Waals surface area contributed by atoms with Gasteiger partial charge in [0.1, 0.15) is 12.4 Å². The first-order valence-corrected chi connectivity index (χ1v) is 11.6. The molecule has 0 N–H and O–H groups in total. The highest BCUT2D eigenvalue weighted by atomic mass is 32.2. The minimum Gasteiger partial charge on any atom is -0.489 e. The molecule has 1 saturated heterocycles. The Bertz CT molecular complexity index is 1110. The van der Waals surface area contributed by atoms with Crippen LogP contribution in [0.1, 0.15) is 15.9 Å². The molecule has 3 aromatic rings. The van der Waals surface area contributed by atoms with Gasteiger partial charge in [-0.2, -0.15) is 4.31 Å². The maximum atomic E-state index is 12.8. The summed E-state index contributed by atoms with van der Waals surface area (Å²) in [6.45, 7) is 1.72. The third-order valence-electron chi connectivity index (χ3n) is 5.26. The normalized spacial score (nSPS) is 14.9. The zero-order valence-corrected chi connectivity index (χ0v) is 17.9. The second-order valence-corrected chi connectivity index (χ2v) is 9.25. The van der Waals surface area contributed by atoms with E-state index in [1.807, 2.05) is 42.5 Å². The number of hydrogen-bond donors (Lipinski definition) is 0. The number of piperazine rings is 1. The monoisotopic (exact) mass is 436 g/mol. The minimum atomic E-state index is -3.53. The maximum absolute atomic E-state index is 12.8. The number of carbonyl (C=O) groups excluding carboxylic acids is 1. The minimum absolute atomic E-state index is 0.0905. The van der Waals surface area contributed by atoms with Gasteiger partial charge in [-0.1, -0.05) is 48.5 Å². The van der Waals surface area contributed by atoms with Gasteiger partial charge in [0.15, 0.2) is 0 Å². The standard InChI is InChI=1S/C24H24N2O4S/c27-24(21-13-11-20(12-14-21)19-30-22-7-3-1-4-8-22)25-15-17-26(18-16-25)31(28,29)23-9-5-2-6-10-23/h1-14H,15-19H2. The van der Waals surface area contributed by atoms with Crippen molar-refractivity contribution >= 4 is 15.9 Å². The van der Waals surface area contributed by atoms with Gasteiger partial charge in [0, 0.05) is 31.7 Å². The van der Waals surface area contributed by atoms with Crippen LogP contribution in [-0.4, -0.2) is 49.7 Å². The average molecular weight is 437 g/mol. The summed E-state index contributed by atoms with van der Waals surface area (Å²) >= 11 is 0. The summed E-state index contributed by atoms with van der Waals surface area (Å²) in [6, 6.07) is 25.3. The van der Waals surface area contributed by atoms with E-state index in [9.17, 15) is 13.2 Å². The van der Waals surface area contributed by atoms with Gasteiger partial charge in [0.2, 0.25) is 10.0 Å². The predicted octanol–water partition coefficient (Wildman–Crippen LogP) is 3.41. The van der Waals surface area contributed by atoms with E-state index in [-0.39, 0.29) is 23.9 Å². The first-order chi connectivity index (χ1) is 15.0. The van der Waals surface area contributed by atoms with Crippen LogP contribution < -0.4 is 4.74 Å². The molecule has 3 aromatic carbocycles. The van der Waals surface area contributed by atoms with Crippen molar-refractivity contribution in [1.29, 1.82) is 0 Å². The highest BCUT2D eigenvalue weighted by Crippen LogP contribution is 2.19. The summed E-state index contributed by atoms with van der Waals surface area (Å²) in [5, 5.41) is 0. The fraction of sp³-hybridized carbons (Fsp3) is 0.208. The van der Waals surface area contributed by atoms with Gasteiger partial charge in [-0.3, -0.25) is 4.79 Å². The highest BCUT2D eigenvalue weighted by molar-refractivity contribution is 7.89. The first kappa shape index (κ1) is 21.1. The molecule has 0 unspecified atom stereocenters. The van der Waals surface area contributed by atoms with E-state index in [0.29, 0.717) is 25.3 Å². The summed E-state index contributed by atoms with van der Waals surface area (Å²) in [6.07, 6.45) is 0. The van der Waals surface area contributed by atoms with Gasteiger partial charge in [0.25, 0.3) is 5.91 Å². The third kappa shape index (κ3) is 4.95. The summed E-state index contributed by atoms with van der Waals surface area (Å²) in [5.74, 6) is 0.707. The molecule has 0 spiro atoms. The zero-order valence-electron chi connectivity index (χ0n) is 17.1. The molecule has 0 atom stereocenters. The Morgan fingerprint density at radius 3 is 1.97 bits per heavy atom. The number of para-hydroxylation sites is 1. The van der Waals surface area contributed by atoms with Gasteiger partial charge in [-0.25, -0.2) is 8.42 Å². The van der Waals surface area contributed by atoms with Crippen LogP contribution in [0, 0.1) is 0 Å². The summed E-state index contributed by atoms with van der Waals surface area (Å²) in [4.78, 5) is 14.8. The van der Waals surface area contributed by atoms with Crippen LogP contribution in [0.2, 0.25) is 0 Å². The smallest absolute Gasteiger partial charge is 0.253 e. The molecule has 1 aliphatic rings. The summed E-state index contributed by atoms with van der Waals surface area (Å²) < 4.78 is 32.7. The van der Waals surface area contributed by atoms with E-state index >= 15 is 0 Å². The van der Waals surface area contributed by atoms with Gasteiger partial charge >= 0.3 is 0 Å². The molecule has 1 heterocycles. The number of nitrogens with zero attached hydrogens (tertiary/aromatic N) is 2. The molecule has 160 valence electrons. The number of sulfonamides is 1. The predicted molar refractivity (Wildman–Crippen MR) is 118 cm³/mol. The lowest BCUT2D eigenvalue weighted by atomic mass is 10.1. The van der Waals surface area contributed by atoms with Crippen molar-refractivity contribution in [2.24, 2.45) is 0 Å². The van der Waals surface area contributed by atoms with Crippen molar-refractivity contribution in [3.63, 3.8) is 0 Å². The summed E-state index contributed by atoms with van der Waals surface area (Å²) in [5.41, 5.74) is 1.56. The van der Waals surface area contributed by atoms with Crippen LogP contribution in [-0.2, 0) is 16.6 Å². The van der Waals surface area contributed by atoms with Crippen molar-refractivity contribution in [2.45, 2.75) is 11.5 Å². The Hall–Kier alpha value is -3.16. The SMILES string of the molecule is O=C(c1ccc(COc2ccccc2)cc1)N1CCN(S(=O)(=O)c2ccccc2)CC1. The van der Waals surface area contributed by atoms with Crippen LogP contribution in [0.3, 0.4) is 0 Å². The van der Waals surface area contributed by atoms with Gasteiger partial charge in [0.05, 0.1) is 4.90 Å². The molecule has 1 amide bonds. The van der Waals surface area contributed by atoms with E-state index in [4.69, 9.17) is 4.74 Å². The van der Waals surface area contributed by atoms with E-state index in [0.717, 1.165) is 11.3 Å². The van der Waals surface area contributed by atoms with Crippen molar-refractivity contribution in [1.82, 2.24) is 9.21 Å². The molecule has 0 aliphatic carbocycles. The highest BCUT2D eigenvalue weighted by Gasteiger charge is 2.30. The quantitative estimate of drug-likeness (QED) is 0.594. The number of ether oxygens (including phenoxy) is 1. The number of carbonyl (C=O) groups is 1. The molecule has 0 bridgehead atoms. The lowest BCUT2D eigenvalue weighted by Gasteiger charge is -2.34. The fourth-order valence-electron chi connectivity index (χ4n) is 3.48. The topological polar surface area (TPSA) is 66.9 Å². The lowest BCUT2D eigenvalue weighted by Crippen LogP contribution is -2.50.